The van der Waals surface area contributed by atoms with Crippen LogP contribution < -0.4 is 0 Å². The van der Waals surface area contributed by atoms with Crippen LogP contribution in [0.1, 0.15) is 17.2 Å². The van der Waals surface area contributed by atoms with Gasteiger partial charge in [-0.1, -0.05) is 35.3 Å². The molecule has 18 heavy (non-hydrogen) atoms. The maximum absolute atomic E-state index is 13.5. The van der Waals surface area contributed by atoms with Gasteiger partial charge < -0.3 is 5.11 Å². The van der Waals surface area contributed by atoms with Gasteiger partial charge in [-0.3, -0.25) is 0 Å². The van der Waals surface area contributed by atoms with Crippen LogP contribution in [0, 0.1) is 11.6 Å². The van der Waals surface area contributed by atoms with Crippen molar-refractivity contribution in [1.29, 1.82) is 0 Å². The Morgan fingerprint density at radius 3 is 2.17 bits per heavy atom. The highest BCUT2D eigenvalue weighted by Crippen LogP contribution is 2.32. The number of benzene rings is 2. The quantitative estimate of drug-likeness (QED) is 0.871. The lowest BCUT2D eigenvalue weighted by atomic mass is 10.0. The second kappa shape index (κ2) is 5.22. The third-order valence-electron chi connectivity index (χ3n) is 2.53. The molecule has 1 atom stereocenters. The molecule has 0 amide bonds. The molecule has 0 bridgehead atoms. The average molecular weight is 289 g/mol. The fourth-order valence-corrected chi connectivity index (χ4v) is 2.16. The summed E-state index contributed by atoms with van der Waals surface area (Å²) in [5.74, 6) is -1.65. The number of halogens is 4. The van der Waals surface area contributed by atoms with Gasteiger partial charge in [0.05, 0.1) is 5.56 Å². The van der Waals surface area contributed by atoms with Crippen LogP contribution in [-0.2, 0) is 0 Å². The predicted molar refractivity (Wildman–Crippen MR) is 66.9 cm³/mol. The molecule has 0 aliphatic rings. The molecule has 0 fully saturated rings. The summed E-state index contributed by atoms with van der Waals surface area (Å²) in [6, 6.07) is 7.70. The van der Waals surface area contributed by atoms with Gasteiger partial charge in [0, 0.05) is 15.6 Å². The first-order valence-electron chi connectivity index (χ1n) is 5.07. The smallest absolute Gasteiger partial charge is 0.132 e. The predicted octanol–water partition coefficient (Wildman–Crippen LogP) is 4.35. The van der Waals surface area contributed by atoms with Crippen LogP contribution in [0.15, 0.2) is 36.4 Å². The van der Waals surface area contributed by atoms with E-state index in [9.17, 15) is 13.9 Å². The minimum atomic E-state index is -1.48. The first kappa shape index (κ1) is 13.3. The lowest BCUT2D eigenvalue weighted by molar-refractivity contribution is 0.209. The van der Waals surface area contributed by atoms with Crippen LogP contribution in [0.3, 0.4) is 0 Å². The summed E-state index contributed by atoms with van der Waals surface area (Å²) in [7, 11) is 0. The highest BCUT2D eigenvalue weighted by atomic mass is 35.5. The summed E-state index contributed by atoms with van der Waals surface area (Å²) in [6.45, 7) is 0. The van der Waals surface area contributed by atoms with Crippen molar-refractivity contribution in [2.75, 3.05) is 0 Å². The SMILES string of the molecule is OC(c1ccc(Cl)cc1Cl)c1c(F)cccc1F. The summed E-state index contributed by atoms with van der Waals surface area (Å²) < 4.78 is 27.1. The van der Waals surface area contributed by atoms with E-state index in [2.05, 4.69) is 0 Å². The standard InChI is InChI=1S/C13H8Cl2F2O/c14-7-4-5-8(9(15)6-7)13(18)12-10(16)2-1-3-11(12)17/h1-6,13,18H. The molecule has 0 spiro atoms. The van der Waals surface area contributed by atoms with Crippen LogP contribution >= 0.6 is 23.2 Å². The summed E-state index contributed by atoms with van der Waals surface area (Å²) in [6.07, 6.45) is -1.48. The van der Waals surface area contributed by atoms with E-state index in [-0.39, 0.29) is 10.6 Å². The zero-order valence-electron chi connectivity index (χ0n) is 9.00. The molecule has 0 aromatic heterocycles. The van der Waals surface area contributed by atoms with E-state index in [1.165, 1.54) is 24.3 Å². The molecule has 0 aliphatic heterocycles. The molecule has 1 N–H and O–H groups in total. The van der Waals surface area contributed by atoms with Crippen LogP contribution in [0.5, 0.6) is 0 Å². The Morgan fingerprint density at radius 2 is 1.61 bits per heavy atom. The minimum Gasteiger partial charge on any atom is -0.383 e. The van der Waals surface area contributed by atoms with Gasteiger partial charge in [0.15, 0.2) is 0 Å². The van der Waals surface area contributed by atoms with Crippen molar-refractivity contribution in [3.05, 3.63) is 69.2 Å². The van der Waals surface area contributed by atoms with Crippen molar-refractivity contribution < 1.29 is 13.9 Å². The second-order valence-electron chi connectivity index (χ2n) is 3.70. The first-order valence-corrected chi connectivity index (χ1v) is 5.83. The van der Waals surface area contributed by atoms with E-state index in [1.807, 2.05) is 0 Å². The molecule has 0 heterocycles. The second-order valence-corrected chi connectivity index (χ2v) is 4.55. The molecule has 1 unspecified atom stereocenters. The molecule has 0 saturated carbocycles. The van der Waals surface area contributed by atoms with Crippen molar-refractivity contribution in [3.8, 4) is 0 Å². The monoisotopic (exact) mass is 288 g/mol. The van der Waals surface area contributed by atoms with E-state index in [0.717, 1.165) is 12.1 Å². The van der Waals surface area contributed by atoms with Crippen LogP contribution in [0.2, 0.25) is 10.0 Å². The third kappa shape index (κ3) is 2.48. The Morgan fingerprint density at radius 1 is 1.00 bits per heavy atom. The number of hydrogen-bond acceptors (Lipinski definition) is 1. The van der Waals surface area contributed by atoms with E-state index in [4.69, 9.17) is 23.2 Å². The Hall–Kier alpha value is -1.16. The lowest BCUT2D eigenvalue weighted by Gasteiger charge is -2.14. The zero-order valence-corrected chi connectivity index (χ0v) is 10.5. The number of hydrogen-bond donors (Lipinski definition) is 1. The van der Waals surface area contributed by atoms with E-state index < -0.39 is 23.3 Å². The lowest BCUT2D eigenvalue weighted by Crippen LogP contribution is -2.06. The van der Waals surface area contributed by atoms with Gasteiger partial charge in [-0.25, -0.2) is 8.78 Å². The summed E-state index contributed by atoms with van der Waals surface area (Å²) >= 11 is 11.6. The number of aliphatic hydroxyl groups excluding tert-OH is 1. The van der Waals surface area contributed by atoms with Crippen molar-refractivity contribution in [2.45, 2.75) is 6.10 Å². The third-order valence-corrected chi connectivity index (χ3v) is 3.09. The van der Waals surface area contributed by atoms with Crippen LogP contribution in [0.25, 0.3) is 0 Å². The summed E-state index contributed by atoms with van der Waals surface area (Å²) in [4.78, 5) is 0. The topological polar surface area (TPSA) is 20.2 Å². The fraction of sp³-hybridized carbons (Fsp3) is 0.0769. The Kier molecular flexibility index (Phi) is 3.85. The van der Waals surface area contributed by atoms with Crippen LogP contribution in [-0.4, -0.2) is 5.11 Å². The maximum Gasteiger partial charge on any atom is 0.132 e. The zero-order chi connectivity index (χ0) is 13.3. The molecular weight excluding hydrogens is 281 g/mol. The largest absolute Gasteiger partial charge is 0.383 e. The molecule has 2 aromatic carbocycles. The minimum absolute atomic E-state index is 0.151. The summed E-state index contributed by atoms with van der Waals surface area (Å²) in [5.41, 5.74) is -0.230. The van der Waals surface area contributed by atoms with Gasteiger partial charge in [0.1, 0.15) is 17.7 Å². The van der Waals surface area contributed by atoms with Gasteiger partial charge in [-0.05, 0) is 24.3 Å². The van der Waals surface area contributed by atoms with Gasteiger partial charge in [-0.15, -0.1) is 0 Å². The maximum atomic E-state index is 13.5. The number of aliphatic hydroxyl groups is 1. The Bertz CT molecular complexity index is 567. The molecule has 0 saturated heterocycles. The van der Waals surface area contributed by atoms with Crippen molar-refractivity contribution in [2.24, 2.45) is 0 Å². The number of rotatable bonds is 2. The molecule has 2 rings (SSSR count). The van der Waals surface area contributed by atoms with Gasteiger partial charge in [0.2, 0.25) is 0 Å². The van der Waals surface area contributed by atoms with Crippen molar-refractivity contribution >= 4 is 23.2 Å². The molecular formula is C13H8Cl2F2O. The average Bonchev–Trinajstić information content (AvgIpc) is 2.28. The fourth-order valence-electron chi connectivity index (χ4n) is 1.65. The Balaban J connectivity index is 2.51. The van der Waals surface area contributed by atoms with Gasteiger partial charge >= 0.3 is 0 Å². The van der Waals surface area contributed by atoms with E-state index >= 15 is 0 Å². The van der Waals surface area contributed by atoms with E-state index in [1.54, 1.807) is 0 Å². The van der Waals surface area contributed by atoms with Gasteiger partial charge in [-0.2, -0.15) is 0 Å². The van der Waals surface area contributed by atoms with Crippen molar-refractivity contribution in [3.63, 3.8) is 0 Å². The summed E-state index contributed by atoms with van der Waals surface area (Å²) in [5, 5.41) is 10.5. The molecule has 94 valence electrons. The Labute approximate surface area is 113 Å². The first-order chi connectivity index (χ1) is 8.50. The highest BCUT2D eigenvalue weighted by Gasteiger charge is 2.21. The van der Waals surface area contributed by atoms with Crippen LogP contribution in [0.4, 0.5) is 8.78 Å². The van der Waals surface area contributed by atoms with Gasteiger partial charge in [0.25, 0.3) is 0 Å². The molecule has 5 heteroatoms. The molecule has 0 aliphatic carbocycles. The molecule has 0 radical (unpaired) electrons. The highest BCUT2D eigenvalue weighted by molar-refractivity contribution is 6.35. The van der Waals surface area contributed by atoms with Crippen molar-refractivity contribution in [1.82, 2.24) is 0 Å². The van der Waals surface area contributed by atoms with E-state index in [0.29, 0.717) is 5.02 Å². The molecule has 2 aromatic rings. The molecule has 1 nitrogen and oxygen atoms in total. The normalized spacial score (nSPS) is 12.5.